The Labute approximate surface area is 163 Å². The highest BCUT2D eigenvalue weighted by atomic mass is 32.2. The quantitative estimate of drug-likeness (QED) is 0.447. The fourth-order valence-electron chi connectivity index (χ4n) is 2.96. The van der Waals surface area contributed by atoms with Crippen LogP contribution in [-0.2, 0) is 12.3 Å². The van der Waals surface area contributed by atoms with E-state index in [1.807, 2.05) is 24.4 Å². The summed E-state index contributed by atoms with van der Waals surface area (Å²) >= 11 is 1.71. The van der Waals surface area contributed by atoms with Crippen LogP contribution in [0, 0.1) is 6.92 Å². The second-order valence-electron chi connectivity index (χ2n) is 6.40. The van der Waals surface area contributed by atoms with E-state index in [4.69, 9.17) is 0 Å². The molecule has 4 aromatic rings. The number of hydrogen-bond donors (Lipinski definition) is 0. The van der Waals surface area contributed by atoms with Gasteiger partial charge in [-0.05, 0) is 30.2 Å². The minimum Gasteiger partial charge on any atom is -0.297 e. The Kier molecular flexibility index (Phi) is 5.30. The number of benzene rings is 2. The molecule has 0 amide bonds. The van der Waals surface area contributed by atoms with Crippen LogP contribution in [0.4, 0.5) is 0 Å². The van der Waals surface area contributed by atoms with Gasteiger partial charge in [-0.1, -0.05) is 71.9 Å². The van der Waals surface area contributed by atoms with E-state index < -0.39 is 0 Å². The summed E-state index contributed by atoms with van der Waals surface area (Å²) in [5, 5.41) is 9.85. The highest BCUT2D eigenvalue weighted by Gasteiger charge is 2.15. The average Bonchev–Trinajstić information content (AvgIpc) is 3.10. The van der Waals surface area contributed by atoms with E-state index in [0.29, 0.717) is 0 Å². The zero-order valence-electron chi connectivity index (χ0n) is 15.1. The Morgan fingerprint density at radius 3 is 2.52 bits per heavy atom. The second-order valence-corrected chi connectivity index (χ2v) is 7.34. The molecule has 0 spiro atoms. The summed E-state index contributed by atoms with van der Waals surface area (Å²) in [4.78, 5) is 4.23. The maximum absolute atomic E-state index is 4.47. The summed E-state index contributed by atoms with van der Waals surface area (Å²) < 4.78 is 2.17. The van der Waals surface area contributed by atoms with Gasteiger partial charge in [-0.25, -0.2) is 0 Å². The molecule has 0 saturated carbocycles. The summed E-state index contributed by atoms with van der Waals surface area (Å²) in [6, 6.07) is 22.9. The standard InChI is InChI=1S/C22H20N4S/c1-17-7-5-10-19(13-17)16-27-22-25-24-21(20-11-6-12-23-14-20)26(22)15-18-8-3-2-4-9-18/h2-14H,15-16H2,1H3. The van der Waals surface area contributed by atoms with E-state index in [0.717, 1.165) is 28.8 Å². The highest BCUT2D eigenvalue weighted by molar-refractivity contribution is 7.98. The third-order valence-corrected chi connectivity index (χ3v) is 5.31. The van der Waals surface area contributed by atoms with Gasteiger partial charge in [0.15, 0.2) is 11.0 Å². The van der Waals surface area contributed by atoms with Gasteiger partial charge in [-0.2, -0.15) is 0 Å². The van der Waals surface area contributed by atoms with Crippen LogP contribution < -0.4 is 0 Å². The van der Waals surface area contributed by atoms with Crippen LogP contribution in [0.25, 0.3) is 11.4 Å². The number of rotatable bonds is 6. The molecule has 0 bridgehead atoms. The van der Waals surface area contributed by atoms with Crippen LogP contribution in [0.1, 0.15) is 16.7 Å². The van der Waals surface area contributed by atoms with Gasteiger partial charge >= 0.3 is 0 Å². The van der Waals surface area contributed by atoms with Crippen molar-refractivity contribution in [1.82, 2.24) is 19.7 Å². The van der Waals surface area contributed by atoms with Crippen LogP contribution in [0.2, 0.25) is 0 Å². The molecule has 2 aromatic heterocycles. The summed E-state index contributed by atoms with van der Waals surface area (Å²) in [7, 11) is 0. The highest BCUT2D eigenvalue weighted by Crippen LogP contribution is 2.27. The normalized spacial score (nSPS) is 10.9. The Morgan fingerprint density at radius 1 is 0.889 bits per heavy atom. The Hall–Kier alpha value is -2.92. The molecule has 0 aliphatic carbocycles. The number of aryl methyl sites for hydroxylation is 1. The van der Waals surface area contributed by atoms with E-state index in [9.17, 15) is 0 Å². The van der Waals surface area contributed by atoms with Crippen molar-refractivity contribution in [2.75, 3.05) is 0 Å². The number of aromatic nitrogens is 4. The molecule has 0 radical (unpaired) electrons. The summed E-state index contributed by atoms with van der Waals surface area (Å²) in [6.45, 7) is 2.85. The first-order valence-electron chi connectivity index (χ1n) is 8.85. The smallest absolute Gasteiger partial charge is 0.192 e. The van der Waals surface area contributed by atoms with E-state index in [1.165, 1.54) is 16.7 Å². The van der Waals surface area contributed by atoms with Crippen LogP contribution >= 0.6 is 11.8 Å². The molecule has 0 unspecified atom stereocenters. The van der Waals surface area contributed by atoms with Gasteiger partial charge in [0.1, 0.15) is 0 Å². The van der Waals surface area contributed by atoms with Crippen LogP contribution in [0.5, 0.6) is 0 Å². The van der Waals surface area contributed by atoms with Crippen molar-refractivity contribution in [2.45, 2.75) is 24.4 Å². The number of pyridine rings is 1. The lowest BCUT2D eigenvalue weighted by atomic mass is 10.2. The first-order valence-corrected chi connectivity index (χ1v) is 9.84. The lowest BCUT2D eigenvalue weighted by Crippen LogP contribution is -2.04. The predicted molar refractivity (Wildman–Crippen MR) is 110 cm³/mol. The topological polar surface area (TPSA) is 43.6 Å². The fourth-order valence-corrected chi connectivity index (χ4v) is 3.84. The zero-order chi connectivity index (χ0) is 18.5. The minimum absolute atomic E-state index is 0.730. The largest absolute Gasteiger partial charge is 0.297 e. The molecule has 4 nitrogen and oxygen atoms in total. The molecule has 5 heteroatoms. The summed E-state index contributed by atoms with van der Waals surface area (Å²) in [5.74, 6) is 1.71. The number of hydrogen-bond acceptors (Lipinski definition) is 4. The van der Waals surface area contributed by atoms with Crippen LogP contribution in [0.3, 0.4) is 0 Å². The molecule has 0 atom stereocenters. The van der Waals surface area contributed by atoms with Gasteiger partial charge in [0.25, 0.3) is 0 Å². The first kappa shape index (κ1) is 17.5. The number of thioether (sulfide) groups is 1. The molecule has 0 fully saturated rings. The summed E-state index contributed by atoms with van der Waals surface area (Å²) in [5.41, 5.74) is 4.76. The van der Waals surface area contributed by atoms with Crippen molar-refractivity contribution in [2.24, 2.45) is 0 Å². The second kappa shape index (κ2) is 8.18. The Bertz CT molecular complexity index is 1010. The lowest BCUT2D eigenvalue weighted by molar-refractivity contribution is 0.714. The van der Waals surface area contributed by atoms with E-state index in [-0.39, 0.29) is 0 Å². The van der Waals surface area contributed by atoms with Crippen molar-refractivity contribution < 1.29 is 0 Å². The Balaban J connectivity index is 1.65. The maximum atomic E-state index is 4.47. The van der Waals surface area contributed by atoms with E-state index in [2.05, 4.69) is 75.2 Å². The predicted octanol–water partition coefficient (Wildman–Crippen LogP) is 4.99. The van der Waals surface area contributed by atoms with Crippen LogP contribution in [0.15, 0.2) is 84.3 Å². The van der Waals surface area contributed by atoms with E-state index >= 15 is 0 Å². The third-order valence-electron chi connectivity index (χ3n) is 4.27. The van der Waals surface area contributed by atoms with Crippen molar-refractivity contribution >= 4 is 11.8 Å². The molecule has 134 valence electrons. The van der Waals surface area contributed by atoms with Gasteiger partial charge in [0.2, 0.25) is 0 Å². The third kappa shape index (κ3) is 4.26. The fraction of sp³-hybridized carbons (Fsp3) is 0.136. The van der Waals surface area contributed by atoms with Crippen molar-refractivity contribution in [3.63, 3.8) is 0 Å². The monoisotopic (exact) mass is 372 g/mol. The van der Waals surface area contributed by atoms with Gasteiger partial charge in [0.05, 0.1) is 6.54 Å². The molecule has 2 heterocycles. The van der Waals surface area contributed by atoms with Crippen molar-refractivity contribution in [3.05, 3.63) is 95.8 Å². The van der Waals surface area contributed by atoms with Gasteiger partial charge in [-0.15, -0.1) is 10.2 Å². The SMILES string of the molecule is Cc1cccc(CSc2nnc(-c3cccnc3)n2Cc2ccccc2)c1. The number of nitrogens with zero attached hydrogens (tertiary/aromatic N) is 4. The van der Waals surface area contributed by atoms with Crippen molar-refractivity contribution in [1.29, 1.82) is 0 Å². The van der Waals surface area contributed by atoms with Gasteiger partial charge < -0.3 is 0 Å². The Morgan fingerprint density at radius 2 is 1.74 bits per heavy atom. The van der Waals surface area contributed by atoms with Crippen molar-refractivity contribution in [3.8, 4) is 11.4 Å². The minimum atomic E-state index is 0.730. The average molecular weight is 372 g/mol. The van der Waals surface area contributed by atoms with Gasteiger partial charge in [0, 0.05) is 23.7 Å². The van der Waals surface area contributed by atoms with E-state index in [1.54, 1.807) is 18.0 Å². The molecular weight excluding hydrogens is 352 g/mol. The molecule has 4 rings (SSSR count). The van der Waals surface area contributed by atoms with Crippen LogP contribution in [-0.4, -0.2) is 19.7 Å². The molecule has 0 aliphatic heterocycles. The van der Waals surface area contributed by atoms with Gasteiger partial charge in [-0.3, -0.25) is 9.55 Å². The molecular formula is C22H20N4S. The lowest BCUT2D eigenvalue weighted by Gasteiger charge is -2.10. The maximum Gasteiger partial charge on any atom is 0.192 e. The summed E-state index contributed by atoms with van der Waals surface area (Å²) in [6.07, 6.45) is 3.61. The zero-order valence-corrected chi connectivity index (χ0v) is 15.9. The molecule has 0 N–H and O–H groups in total. The molecule has 2 aromatic carbocycles. The molecule has 27 heavy (non-hydrogen) atoms. The molecule has 0 saturated heterocycles. The molecule has 0 aliphatic rings. The first-order chi connectivity index (χ1) is 13.3.